The van der Waals surface area contributed by atoms with Gasteiger partial charge in [-0.2, -0.15) is 0 Å². The monoisotopic (exact) mass is 227 g/mol. The summed E-state index contributed by atoms with van der Waals surface area (Å²) in [5.74, 6) is -0.579. The van der Waals surface area contributed by atoms with Crippen molar-refractivity contribution in [3.63, 3.8) is 0 Å². The SMILES string of the molecule is NCC1(C(=O)c2cc(F)ccc2Cl)CC1. The standard InChI is InChI=1S/C11H11ClFNO/c12-9-2-1-7(13)5-8(9)10(15)11(6-14)3-4-11/h1-2,5H,3-4,6,14H2. The quantitative estimate of drug-likeness (QED) is 0.806. The van der Waals surface area contributed by atoms with Gasteiger partial charge in [0.1, 0.15) is 5.82 Å². The Morgan fingerprint density at radius 3 is 2.73 bits per heavy atom. The lowest BCUT2D eigenvalue weighted by Gasteiger charge is -2.11. The summed E-state index contributed by atoms with van der Waals surface area (Å²) in [7, 11) is 0. The Morgan fingerprint density at radius 2 is 2.20 bits per heavy atom. The Morgan fingerprint density at radius 1 is 1.53 bits per heavy atom. The number of hydrogen-bond acceptors (Lipinski definition) is 2. The summed E-state index contributed by atoms with van der Waals surface area (Å²) in [6, 6.07) is 3.82. The summed E-state index contributed by atoms with van der Waals surface area (Å²) < 4.78 is 13.0. The molecule has 2 N–H and O–H groups in total. The van der Waals surface area contributed by atoms with Crippen molar-refractivity contribution in [3.8, 4) is 0 Å². The number of rotatable bonds is 3. The number of Topliss-reactive ketones (excluding diaryl/α,β-unsaturated/α-hetero) is 1. The Kier molecular flexibility index (Phi) is 2.52. The highest BCUT2D eigenvalue weighted by Crippen LogP contribution is 2.47. The molecule has 0 radical (unpaired) electrons. The second-order valence-corrected chi connectivity index (χ2v) is 4.34. The van der Waals surface area contributed by atoms with Crippen LogP contribution in [0.25, 0.3) is 0 Å². The summed E-state index contributed by atoms with van der Waals surface area (Å²) in [6.07, 6.45) is 1.55. The Bertz CT molecular complexity index is 415. The number of carbonyl (C=O) groups excluding carboxylic acids is 1. The van der Waals surface area contributed by atoms with E-state index in [0.29, 0.717) is 11.6 Å². The van der Waals surface area contributed by atoms with E-state index in [0.717, 1.165) is 12.8 Å². The summed E-state index contributed by atoms with van der Waals surface area (Å²) in [5.41, 5.74) is 5.31. The van der Waals surface area contributed by atoms with Crippen molar-refractivity contribution in [2.75, 3.05) is 6.54 Å². The van der Waals surface area contributed by atoms with Crippen LogP contribution in [0.5, 0.6) is 0 Å². The maximum absolute atomic E-state index is 13.0. The van der Waals surface area contributed by atoms with Gasteiger partial charge in [-0.1, -0.05) is 11.6 Å². The third-order valence-electron chi connectivity index (χ3n) is 2.90. The van der Waals surface area contributed by atoms with Crippen molar-refractivity contribution in [1.29, 1.82) is 0 Å². The number of hydrogen-bond donors (Lipinski definition) is 1. The van der Waals surface area contributed by atoms with Gasteiger partial charge in [0.2, 0.25) is 0 Å². The number of nitrogens with two attached hydrogens (primary N) is 1. The van der Waals surface area contributed by atoms with Gasteiger partial charge in [-0.15, -0.1) is 0 Å². The lowest BCUT2D eigenvalue weighted by molar-refractivity contribution is 0.0905. The zero-order valence-corrected chi connectivity index (χ0v) is 8.85. The van der Waals surface area contributed by atoms with Crippen molar-refractivity contribution in [3.05, 3.63) is 34.6 Å². The Hall–Kier alpha value is -0.930. The number of carbonyl (C=O) groups is 1. The molecule has 0 spiro atoms. The van der Waals surface area contributed by atoms with E-state index in [4.69, 9.17) is 17.3 Å². The summed E-state index contributed by atoms with van der Waals surface area (Å²) in [6.45, 7) is 0.304. The molecule has 0 saturated heterocycles. The molecule has 80 valence electrons. The molecule has 0 unspecified atom stereocenters. The maximum atomic E-state index is 13.0. The molecule has 1 aliphatic rings. The second kappa shape index (κ2) is 3.58. The number of halogens is 2. The molecule has 15 heavy (non-hydrogen) atoms. The molecule has 1 saturated carbocycles. The molecule has 0 heterocycles. The van der Waals surface area contributed by atoms with Crippen molar-refractivity contribution < 1.29 is 9.18 Å². The minimum Gasteiger partial charge on any atom is -0.329 e. The normalized spacial score (nSPS) is 17.5. The molecule has 0 bridgehead atoms. The first-order valence-corrected chi connectivity index (χ1v) is 5.17. The summed E-state index contributed by atoms with van der Waals surface area (Å²) in [4.78, 5) is 12.0. The first-order chi connectivity index (χ1) is 7.09. The Balaban J connectivity index is 2.37. The minimum atomic E-state index is -0.475. The van der Waals surface area contributed by atoms with E-state index in [1.165, 1.54) is 18.2 Å². The molecule has 1 fully saturated rings. The lowest BCUT2D eigenvalue weighted by Crippen LogP contribution is -2.25. The fraction of sp³-hybridized carbons (Fsp3) is 0.364. The fourth-order valence-corrected chi connectivity index (χ4v) is 1.84. The smallest absolute Gasteiger partial charge is 0.171 e. The van der Waals surface area contributed by atoms with E-state index in [1.807, 2.05) is 0 Å². The van der Waals surface area contributed by atoms with Crippen LogP contribution >= 0.6 is 11.6 Å². The zero-order valence-electron chi connectivity index (χ0n) is 8.09. The highest BCUT2D eigenvalue weighted by Gasteiger charge is 2.49. The first kappa shape index (κ1) is 10.6. The summed E-state index contributed by atoms with van der Waals surface area (Å²) >= 11 is 5.85. The van der Waals surface area contributed by atoms with Crippen molar-refractivity contribution >= 4 is 17.4 Å². The van der Waals surface area contributed by atoms with Gasteiger partial charge in [-0.3, -0.25) is 4.79 Å². The highest BCUT2D eigenvalue weighted by molar-refractivity contribution is 6.34. The van der Waals surface area contributed by atoms with Gasteiger partial charge in [-0.25, -0.2) is 4.39 Å². The maximum Gasteiger partial charge on any atom is 0.171 e. The predicted octanol–water partition coefficient (Wildman–Crippen LogP) is 2.40. The van der Waals surface area contributed by atoms with Gasteiger partial charge < -0.3 is 5.73 Å². The van der Waals surface area contributed by atoms with Gasteiger partial charge in [0.25, 0.3) is 0 Å². The Labute approximate surface area is 92.2 Å². The van der Waals surface area contributed by atoms with Crippen molar-refractivity contribution in [2.45, 2.75) is 12.8 Å². The van der Waals surface area contributed by atoms with E-state index in [9.17, 15) is 9.18 Å². The average Bonchev–Trinajstić information content (AvgIpc) is 3.01. The number of benzene rings is 1. The molecule has 0 atom stereocenters. The van der Waals surface area contributed by atoms with Crippen LogP contribution in [-0.4, -0.2) is 12.3 Å². The molecule has 0 aromatic heterocycles. The van der Waals surface area contributed by atoms with E-state index in [1.54, 1.807) is 0 Å². The van der Waals surface area contributed by atoms with Crippen molar-refractivity contribution in [1.82, 2.24) is 0 Å². The van der Waals surface area contributed by atoms with Crippen LogP contribution in [0.1, 0.15) is 23.2 Å². The second-order valence-electron chi connectivity index (χ2n) is 3.94. The lowest BCUT2D eigenvalue weighted by atomic mass is 9.95. The third-order valence-corrected chi connectivity index (χ3v) is 3.23. The van der Waals surface area contributed by atoms with Gasteiger partial charge in [0, 0.05) is 17.5 Å². The zero-order chi connectivity index (χ0) is 11.1. The van der Waals surface area contributed by atoms with E-state index in [-0.39, 0.29) is 11.3 Å². The van der Waals surface area contributed by atoms with Gasteiger partial charge in [0.05, 0.1) is 5.02 Å². The van der Waals surface area contributed by atoms with Crippen LogP contribution in [0.15, 0.2) is 18.2 Å². The van der Waals surface area contributed by atoms with Crippen LogP contribution < -0.4 is 5.73 Å². The van der Waals surface area contributed by atoms with Crippen LogP contribution in [0, 0.1) is 11.2 Å². The van der Waals surface area contributed by atoms with Crippen LogP contribution in [0.4, 0.5) is 4.39 Å². The molecule has 0 amide bonds. The van der Waals surface area contributed by atoms with Crippen molar-refractivity contribution in [2.24, 2.45) is 11.1 Å². The largest absolute Gasteiger partial charge is 0.329 e. The van der Waals surface area contributed by atoms with Gasteiger partial charge in [-0.05, 0) is 31.0 Å². The van der Waals surface area contributed by atoms with Gasteiger partial charge in [0.15, 0.2) is 5.78 Å². The first-order valence-electron chi connectivity index (χ1n) is 4.79. The third kappa shape index (κ3) is 1.77. The van der Waals surface area contributed by atoms with Crippen LogP contribution in [0.3, 0.4) is 0 Å². The molecule has 2 rings (SSSR count). The average molecular weight is 228 g/mol. The van der Waals surface area contributed by atoms with E-state index < -0.39 is 11.2 Å². The number of ketones is 1. The molecule has 1 aliphatic carbocycles. The summed E-state index contributed by atoms with van der Waals surface area (Å²) in [5, 5.41) is 0.293. The molecule has 1 aromatic carbocycles. The van der Waals surface area contributed by atoms with Crippen LogP contribution in [-0.2, 0) is 0 Å². The van der Waals surface area contributed by atoms with E-state index >= 15 is 0 Å². The van der Waals surface area contributed by atoms with E-state index in [2.05, 4.69) is 0 Å². The molecule has 1 aromatic rings. The topological polar surface area (TPSA) is 43.1 Å². The predicted molar refractivity (Wildman–Crippen MR) is 56.5 cm³/mol. The molecular formula is C11H11ClFNO. The fourth-order valence-electron chi connectivity index (χ4n) is 1.63. The van der Waals surface area contributed by atoms with Gasteiger partial charge >= 0.3 is 0 Å². The minimum absolute atomic E-state index is 0.130. The molecular weight excluding hydrogens is 217 g/mol. The van der Waals surface area contributed by atoms with Crippen LogP contribution in [0.2, 0.25) is 5.02 Å². The molecule has 4 heteroatoms. The molecule has 2 nitrogen and oxygen atoms in total. The highest BCUT2D eigenvalue weighted by atomic mass is 35.5. The molecule has 0 aliphatic heterocycles.